The molecule has 3 nitrogen and oxygen atoms in total. The molecule has 0 spiro atoms. The van der Waals surface area contributed by atoms with Crippen molar-refractivity contribution in [2.24, 2.45) is 0 Å². The van der Waals surface area contributed by atoms with Crippen molar-refractivity contribution in [3.05, 3.63) is 34.9 Å². The van der Waals surface area contributed by atoms with Crippen LogP contribution in [0.5, 0.6) is 0 Å². The summed E-state index contributed by atoms with van der Waals surface area (Å²) in [5.41, 5.74) is 1.69. The lowest BCUT2D eigenvalue weighted by Gasteiger charge is -2.20. The van der Waals surface area contributed by atoms with Gasteiger partial charge in [-0.2, -0.15) is 0 Å². The van der Waals surface area contributed by atoms with E-state index in [-0.39, 0.29) is 11.5 Å². The molecule has 3 heteroatoms. The highest BCUT2D eigenvalue weighted by Crippen LogP contribution is 2.24. The van der Waals surface area contributed by atoms with Crippen molar-refractivity contribution in [1.82, 2.24) is 0 Å². The fourth-order valence-electron chi connectivity index (χ4n) is 1.64. The minimum atomic E-state index is -0.433. The zero-order chi connectivity index (χ0) is 14.6. The van der Waals surface area contributed by atoms with E-state index in [2.05, 4.69) is 20.8 Å². The van der Waals surface area contributed by atoms with Crippen LogP contribution in [0, 0.1) is 0 Å². The van der Waals surface area contributed by atoms with Gasteiger partial charge in [-0.25, -0.2) is 4.79 Å². The Morgan fingerprint density at radius 2 is 2.00 bits per heavy atom. The standard InChI is InChI=1S/C16H22O3/c1-6-11(2)19-15(18)14-8-7-13(16(3,4)5)9-12(14)10-17/h7-11H,6H2,1-5H3. The summed E-state index contributed by atoms with van der Waals surface area (Å²) >= 11 is 0. The van der Waals surface area contributed by atoms with Gasteiger partial charge in [0.15, 0.2) is 6.29 Å². The number of rotatable bonds is 4. The van der Waals surface area contributed by atoms with Gasteiger partial charge in [0.2, 0.25) is 0 Å². The molecule has 104 valence electrons. The van der Waals surface area contributed by atoms with Crippen LogP contribution in [0.4, 0.5) is 0 Å². The van der Waals surface area contributed by atoms with Crippen LogP contribution in [-0.2, 0) is 10.2 Å². The number of carbonyl (C=O) groups excluding carboxylic acids is 2. The maximum Gasteiger partial charge on any atom is 0.339 e. The Balaban J connectivity index is 3.09. The molecule has 1 unspecified atom stereocenters. The fourth-order valence-corrected chi connectivity index (χ4v) is 1.64. The molecule has 0 amide bonds. The molecule has 0 fully saturated rings. The second kappa shape index (κ2) is 6.00. The summed E-state index contributed by atoms with van der Waals surface area (Å²) in [5, 5.41) is 0. The van der Waals surface area contributed by atoms with Crippen LogP contribution in [0.3, 0.4) is 0 Å². The van der Waals surface area contributed by atoms with Gasteiger partial charge in [0.1, 0.15) is 0 Å². The molecule has 0 saturated carbocycles. The Morgan fingerprint density at radius 3 is 2.47 bits per heavy atom. The first-order valence-electron chi connectivity index (χ1n) is 6.60. The average molecular weight is 262 g/mol. The molecular formula is C16H22O3. The summed E-state index contributed by atoms with van der Waals surface area (Å²) in [6.07, 6.45) is 1.32. The van der Waals surface area contributed by atoms with Crippen LogP contribution in [0.2, 0.25) is 0 Å². The van der Waals surface area contributed by atoms with Gasteiger partial charge in [-0.3, -0.25) is 4.79 Å². The number of esters is 1. The molecule has 1 rings (SSSR count). The summed E-state index contributed by atoms with van der Waals surface area (Å²) < 4.78 is 5.26. The van der Waals surface area contributed by atoms with Crippen molar-refractivity contribution >= 4 is 12.3 Å². The van der Waals surface area contributed by atoms with E-state index in [0.717, 1.165) is 12.0 Å². The van der Waals surface area contributed by atoms with Crippen LogP contribution in [0.15, 0.2) is 18.2 Å². The van der Waals surface area contributed by atoms with Crippen LogP contribution in [0.1, 0.15) is 67.3 Å². The quantitative estimate of drug-likeness (QED) is 0.613. The maximum absolute atomic E-state index is 12.0. The van der Waals surface area contributed by atoms with Gasteiger partial charge < -0.3 is 4.74 Å². The van der Waals surface area contributed by atoms with E-state index < -0.39 is 5.97 Å². The molecule has 0 bridgehead atoms. The summed E-state index contributed by atoms with van der Waals surface area (Å²) in [5.74, 6) is -0.433. The fraction of sp³-hybridized carbons (Fsp3) is 0.500. The van der Waals surface area contributed by atoms with E-state index in [1.165, 1.54) is 0 Å². The Kier molecular flexibility index (Phi) is 4.87. The molecule has 0 heterocycles. The molecule has 0 radical (unpaired) electrons. The van der Waals surface area contributed by atoms with Gasteiger partial charge in [-0.05, 0) is 36.5 Å². The van der Waals surface area contributed by atoms with Gasteiger partial charge in [-0.1, -0.05) is 33.8 Å². The third kappa shape index (κ3) is 3.91. The van der Waals surface area contributed by atoms with Crippen molar-refractivity contribution in [3.8, 4) is 0 Å². The summed E-state index contributed by atoms with van der Waals surface area (Å²) in [6.45, 7) is 9.97. The number of hydrogen-bond acceptors (Lipinski definition) is 3. The van der Waals surface area contributed by atoms with Crippen LogP contribution in [-0.4, -0.2) is 18.4 Å². The minimum Gasteiger partial charge on any atom is -0.459 e. The predicted molar refractivity (Wildman–Crippen MR) is 75.7 cm³/mol. The third-order valence-electron chi connectivity index (χ3n) is 3.15. The molecule has 0 saturated heterocycles. The van der Waals surface area contributed by atoms with Crippen molar-refractivity contribution in [2.75, 3.05) is 0 Å². The largest absolute Gasteiger partial charge is 0.459 e. The lowest BCUT2D eigenvalue weighted by atomic mass is 9.85. The Bertz CT molecular complexity index is 469. The van der Waals surface area contributed by atoms with Crippen LogP contribution < -0.4 is 0 Å². The third-order valence-corrected chi connectivity index (χ3v) is 3.15. The molecule has 0 aliphatic carbocycles. The van der Waals surface area contributed by atoms with E-state index >= 15 is 0 Å². The lowest BCUT2D eigenvalue weighted by Crippen LogP contribution is -2.17. The molecule has 19 heavy (non-hydrogen) atoms. The van der Waals surface area contributed by atoms with Gasteiger partial charge >= 0.3 is 5.97 Å². The molecule has 1 aromatic carbocycles. The van der Waals surface area contributed by atoms with E-state index in [1.54, 1.807) is 12.1 Å². The van der Waals surface area contributed by atoms with Crippen LogP contribution in [0.25, 0.3) is 0 Å². The Morgan fingerprint density at radius 1 is 1.37 bits per heavy atom. The normalized spacial score (nSPS) is 12.9. The number of carbonyl (C=O) groups is 2. The van der Waals surface area contributed by atoms with Gasteiger partial charge in [0.05, 0.1) is 11.7 Å². The second-order valence-electron chi connectivity index (χ2n) is 5.79. The first-order chi connectivity index (χ1) is 8.79. The van der Waals surface area contributed by atoms with Crippen molar-refractivity contribution in [3.63, 3.8) is 0 Å². The van der Waals surface area contributed by atoms with E-state index in [0.29, 0.717) is 17.4 Å². The minimum absolute atomic E-state index is 0.0586. The molecule has 1 atom stereocenters. The lowest BCUT2D eigenvalue weighted by molar-refractivity contribution is 0.0333. The van der Waals surface area contributed by atoms with Gasteiger partial charge in [0, 0.05) is 5.56 Å². The van der Waals surface area contributed by atoms with Crippen molar-refractivity contribution < 1.29 is 14.3 Å². The summed E-state index contributed by atoms with van der Waals surface area (Å²) in [6, 6.07) is 5.31. The van der Waals surface area contributed by atoms with E-state index in [1.807, 2.05) is 19.9 Å². The highest BCUT2D eigenvalue weighted by atomic mass is 16.5. The molecular weight excluding hydrogens is 240 g/mol. The van der Waals surface area contributed by atoms with E-state index in [4.69, 9.17) is 4.74 Å². The van der Waals surface area contributed by atoms with Gasteiger partial charge in [-0.15, -0.1) is 0 Å². The Labute approximate surface area is 115 Å². The number of aldehydes is 1. The van der Waals surface area contributed by atoms with Crippen molar-refractivity contribution in [2.45, 2.75) is 52.6 Å². The zero-order valence-electron chi connectivity index (χ0n) is 12.3. The average Bonchev–Trinajstić information content (AvgIpc) is 2.36. The number of hydrogen-bond donors (Lipinski definition) is 0. The highest BCUT2D eigenvalue weighted by Gasteiger charge is 2.19. The molecule has 0 aliphatic heterocycles. The first kappa shape index (κ1) is 15.4. The Hall–Kier alpha value is -1.64. The van der Waals surface area contributed by atoms with Crippen LogP contribution >= 0.6 is 0 Å². The monoisotopic (exact) mass is 262 g/mol. The summed E-state index contributed by atoms with van der Waals surface area (Å²) in [7, 11) is 0. The topological polar surface area (TPSA) is 43.4 Å². The first-order valence-corrected chi connectivity index (χ1v) is 6.60. The molecule has 0 aliphatic rings. The van der Waals surface area contributed by atoms with Gasteiger partial charge in [0.25, 0.3) is 0 Å². The van der Waals surface area contributed by atoms with E-state index in [9.17, 15) is 9.59 Å². The smallest absolute Gasteiger partial charge is 0.339 e. The molecule has 1 aromatic rings. The molecule has 0 aromatic heterocycles. The summed E-state index contributed by atoms with van der Waals surface area (Å²) in [4.78, 5) is 23.1. The predicted octanol–water partition coefficient (Wildman–Crippen LogP) is 3.75. The van der Waals surface area contributed by atoms with Crippen molar-refractivity contribution in [1.29, 1.82) is 0 Å². The SMILES string of the molecule is CCC(C)OC(=O)c1ccc(C(C)(C)C)cc1C=O. The zero-order valence-corrected chi connectivity index (χ0v) is 12.3. The number of ether oxygens (including phenoxy) is 1. The molecule has 0 N–H and O–H groups in total. The highest BCUT2D eigenvalue weighted by molar-refractivity contribution is 5.98. The second-order valence-corrected chi connectivity index (χ2v) is 5.79. The maximum atomic E-state index is 12.0. The number of benzene rings is 1.